The van der Waals surface area contributed by atoms with Crippen molar-refractivity contribution in [2.75, 3.05) is 6.61 Å². The van der Waals surface area contributed by atoms with Gasteiger partial charge in [0.15, 0.2) is 0 Å². The summed E-state index contributed by atoms with van der Waals surface area (Å²) in [4.78, 5) is 11.4. The maximum atomic E-state index is 11.4. The zero-order chi connectivity index (χ0) is 10.6. The molecule has 78 valence electrons. The summed E-state index contributed by atoms with van der Waals surface area (Å²) in [5.41, 5.74) is 0.878. The van der Waals surface area contributed by atoms with Crippen LogP contribution >= 0.6 is 0 Å². The Morgan fingerprint density at radius 1 is 1.43 bits per heavy atom. The minimum Gasteiger partial charge on any atom is -0.463 e. The van der Waals surface area contributed by atoms with Crippen LogP contribution in [0.15, 0.2) is 11.0 Å². The van der Waals surface area contributed by atoms with Crippen LogP contribution in [0, 0.1) is 0 Å². The zero-order valence-electron chi connectivity index (χ0n) is 8.32. The number of carbonyl (C=O) groups is 1. The van der Waals surface area contributed by atoms with E-state index < -0.39 is 13.1 Å². The van der Waals surface area contributed by atoms with Crippen LogP contribution in [0.3, 0.4) is 0 Å². The molecule has 0 aliphatic heterocycles. The maximum Gasteiger partial charge on any atom is 0.484 e. The van der Waals surface area contributed by atoms with Crippen molar-refractivity contribution < 1.29 is 19.6 Å². The van der Waals surface area contributed by atoms with Gasteiger partial charge in [-0.05, 0) is 38.1 Å². The Hall–Kier alpha value is -0.805. The highest BCUT2D eigenvalue weighted by Crippen LogP contribution is 2.26. The molecule has 0 aromatic rings. The molecule has 0 saturated carbocycles. The van der Waals surface area contributed by atoms with Crippen LogP contribution in [0.1, 0.15) is 32.6 Å². The van der Waals surface area contributed by atoms with Gasteiger partial charge in [-0.2, -0.15) is 0 Å². The fourth-order valence-electron chi connectivity index (χ4n) is 1.66. The molecule has 0 aromatic carbocycles. The monoisotopic (exact) mass is 198 g/mol. The van der Waals surface area contributed by atoms with Crippen LogP contribution in [0.4, 0.5) is 0 Å². The quantitative estimate of drug-likeness (QED) is 0.509. The molecule has 14 heavy (non-hydrogen) atoms. The Morgan fingerprint density at radius 3 is 2.64 bits per heavy atom. The largest absolute Gasteiger partial charge is 0.484 e. The lowest BCUT2D eigenvalue weighted by Gasteiger charge is -2.18. The highest BCUT2D eigenvalue weighted by Gasteiger charge is 2.26. The molecule has 0 aromatic heterocycles. The van der Waals surface area contributed by atoms with Crippen molar-refractivity contribution in [1.82, 2.24) is 0 Å². The molecule has 0 spiro atoms. The first-order valence-corrected chi connectivity index (χ1v) is 4.92. The van der Waals surface area contributed by atoms with E-state index in [1.165, 1.54) is 0 Å². The van der Waals surface area contributed by atoms with Gasteiger partial charge in [-0.15, -0.1) is 0 Å². The van der Waals surface area contributed by atoms with E-state index in [2.05, 4.69) is 0 Å². The summed E-state index contributed by atoms with van der Waals surface area (Å²) >= 11 is 0. The second-order valence-corrected chi connectivity index (χ2v) is 3.31. The highest BCUT2D eigenvalue weighted by molar-refractivity contribution is 6.51. The van der Waals surface area contributed by atoms with E-state index in [9.17, 15) is 4.79 Å². The van der Waals surface area contributed by atoms with E-state index in [1.54, 1.807) is 6.92 Å². The SMILES string of the molecule is CCOC(=O)C1=C(B(O)O)CCCC1. The first-order valence-electron chi connectivity index (χ1n) is 4.92. The van der Waals surface area contributed by atoms with Gasteiger partial charge in [0, 0.05) is 5.57 Å². The van der Waals surface area contributed by atoms with Crippen LogP contribution in [-0.2, 0) is 9.53 Å². The number of ether oxygens (including phenoxy) is 1. The minimum atomic E-state index is -1.52. The summed E-state index contributed by atoms with van der Waals surface area (Å²) in [6.07, 6.45) is 2.97. The van der Waals surface area contributed by atoms with Crippen molar-refractivity contribution in [2.45, 2.75) is 32.6 Å². The molecule has 0 amide bonds. The van der Waals surface area contributed by atoms with Crippen molar-refractivity contribution in [3.63, 3.8) is 0 Å². The highest BCUT2D eigenvalue weighted by atomic mass is 16.5. The molecule has 0 fully saturated rings. The molecular weight excluding hydrogens is 183 g/mol. The summed E-state index contributed by atoms with van der Waals surface area (Å²) in [6, 6.07) is 0. The number of esters is 1. The van der Waals surface area contributed by atoms with Crippen LogP contribution < -0.4 is 0 Å². The molecule has 1 rings (SSSR count). The third-order valence-corrected chi connectivity index (χ3v) is 2.34. The minimum absolute atomic E-state index is 0.317. The van der Waals surface area contributed by atoms with Gasteiger partial charge in [-0.25, -0.2) is 4.79 Å². The lowest BCUT2D eigenvalue weighted by Crippen LogP contribution is -2.24. The molecule has 1 aliphatic carbocycles. The Morgan fingerprint density at radius 2 is 2.07 bits per heavy atom. The summed E-state index contributed by atoms with van der Waals surface area (Å²) in [7, 11) is -1.52. The van der Waals surface area contributed by atoms with E-state index in [0.29, 0.717) is 30.5 Å². The fourth-order valence-corrected chi connectivity index (χ4v) is 1.66. The van der Waals surface area contributed by atoms with Crippen LogP contribution in [0.25, 0.3) is 0 Å². The lowest BCUT2D eigenvalue weighted by atomic mass is 9.70. The van der Waals surface area contributed by atoms with E-state index in [-0.39, 0.29) is 0 Å². The molecule has 0 radical (unpaired) electrons. The molecule has 0 saturated heterocycles. The number of carbonyl (C=O) groups excluding carboxylic acids is 1. The standard InChI is InChI=1S/C9H15BO4/c1-2-14-9(11)7-5-3-4-6-8(7)10(12)13/h12-13H,2-6H2,1H3. The Balaban J connectivity index is 2.82. The predicted octanol–water partition coefficient (Wildman–Crippen LogP) is 0.432. The normalized spacial score (nSPS) is 16.8. The van der Waals surface area contributed by atoms with Gasteiger partial charge in [0.25, 0.3) is 0 Å². The van der Waals surface area contributed by atoms with Gasteiger partial charge in [0.05, 0.1) is 6.61 Å². The topological polar surface area (TPSA) is 66.8 Å². The smallest absolute Gasteiger partial charge is 0.463 e. The van der Waals surface area contributed by atoms with E-state index in [1.807, 2.05) is 0 Å². The Labute approximate surface area is 83.7 Å². The van der Waals surface area contributed by atoms with Gasteiger partial charge < -0.3 is 14.8 Å². The van der Waals surface area contributed by atoms with E-state index in [0.717, 1.165) is 12.8 Å². The van der Waals surface area contributed by atoms with Gasteiger partial charge in [-0.3, -0.25) is 0 Å². The molecule has 4 nitrogen and oxygen atoms in total. The molecule has 5 heteroatoms. The summed E-state index contributed by atoms with van der Waals surface area (Å²) in [5.74, 6) is -0.407. The number of rotatable bonds is 3. The summed E-state index contributed by atoms with van der Waals surface area (Å²) in [6.45, 7) is 2.05. The van der Waals surface area contributed by atoms with Crippen molar-refractivity contribution in [3.8, 4) is 0 Å². The van der Waals surface area contributed by atoms with Gasteiger partial charge in [0.2, 0.25) is 0 Å². The lowest BCUT2D eigenvalue weighted by molar-refractivity contribution is -0.138. The predicted molar refractivity (Wildman–Crippen MR) is 52.3 cm³/mol. The van der Waals surface area contributed by atoms with Gasteiger partial charge >= 0.3 is 13.1 Å². The molecule has 2 N–H and O–H groups in total. The Bertz CT molecular complexity index is 247. The number of allylic oxidation sites excluding steroid dienone is 1. The van der Waals surface area contributed by atoms with Crippen molar-refractivity contribution in [1.29, 1.82) is 0 Å². The molecular formula is C9H15BO4. The maximum absolute atomic E-state index is 11.4. The second kappa shape index (κ2) is 5.17. The van der Waals surface area contributed by atoms with Gasteiger partial charge in [0.1, 0.15) is 0 Å². The van der Waals surface area contributed by atoms with Crippen LogP contribution in [0.2, 0.25) is 0 Å². The molecule has 0 bridgehead atoms. The van der Waals surface area contributed by atoms with Crippen molar-refractivity contribution >= 4 is 13.1 Å². The number of hydrogen-bond donors (Lipinski definition) is 2. The van der Waals surface area contributed by atoms with E-state index in [4.69, 9.17) is 14.8 Å². The zero-order valence-corrected chi connectivity index (χ0v) is 8.32. The first-order chi connectivity index (χ1) is 6.66. The number of hydrogen-bond acceptors (Lipinski definition) is 4. The summed E-state index contributed by atoms with van der Waals surface area (Å²) < 4.78 is 4.84. The summed E-state index contributed by atoms with van der Waals surface area (Å²) in [5, 5.41) is 18.1. The first kappa shape index (κ1) is 11.3. The van der Waals surface area contributed by atoms with Crippen molar-refractivity contribution in [3.05, 3.63) is 11.0 Å². The fraction of sp³-hybridized carbons (Fsp3) is 0.667. The van der Waals surface area contributed by atoms with Crippen LogP contribution in [0.5, 0.6) is 0 Å². The second-order valence-electron chi connectivity index (χ2n) is 3.31. The van der Waals surface area contributed by atoms with Crippen LogP contribution in [-0.4, -0.2) is 29.7 Å². The van der Waals surface area contributed by atoms with Crippen molar-refractivity contribution in [2.24, 2.45) is 0 Å². The third-order valence-electron chi connectivity index (χ3n) is 2.34. The molecule has 0 heterocycles. The molecule has 0 unspecified atom stereocenters. The van der Waals surface area contributed by atoms with Gasteiger partial charge in [-0.1, -0.05) is 0 Å². The van der Waals surface area contributed by atoms with E-state index >= 15 is 0 Å². The third kappa shape index (κ3) is 2.59. The molecule has 1 aliphatic rings. The average molecular weight is 198 g/mol. The molecule has 0 atom stereocenters. The Kier molecular flexibility index (Phi) is 4.16. The average Bonchev–Trinajstić information content (AvgIpc) is 2.18.